The molecular weight excluding hydrogens is 296 g/mol. The Kier molecular flexibility index (Phi) is 6.71. The molecule has 1 aromatic rings. The zero-order valence-electron chi connectivity index (χ0n) is 13.4. The van der Waals surface area contributed by atoms with E-state index in [2.05, 4.69) is 40.0 Å². The number of carbonyl (C=O) groups is 1. The van der Waals surface area contributed by atoms with Crippen LogP contribution in [-0.2, 0) is 17.8 Å². The second-order valence-corrected chi connectivity index (χ2v) is 6.66. The Morgan fingerprint density at radius 2 is 1.91 bits per heavy atom. The highest BCUT2D eigenvalue weighted by atomic mass is 32.1. The van der Waals surface area contributed by atoms with Crippen molar-refractivity contribution in [3.05, 3.63) is 21.9 Å². The lowest BCUT2D eigenvalue weighted by molar-refractivity contribution is -0.122. The van der Waals surface area contributed by atoms with Gasteiger partial charge in [0.1, 0.15) is 0 Å². The predicted molar refractivity (Wildman–Crippen MR) is 92.2 cm³/mol. The topological polar surface area (TPSA) is 65.5 Å². The zero-order chi connectivity index (χ0) is 15.8. The van der Waals surface area contributed by atoms with Gasteiger partial charge in [0.05, 0.1) is 6.54 Å². The van der Waals surface area contributed by atoms with E-state index in [-0.39, 0.29) is 11.8 Å². The zero-order valence-corrected chi connectivity index (χ0v) is 14.3. The molecule has 1 aliphatic carbocycles. The van der Waals surface area contributed by atoms with Crippen LogP contribution in [0.15, 0.2) is 17.1 Å². The number of nitrogens with zero attached hydrogens (tertiary/aromatic N) is 1. The third kappa shape index (κ3) is 5.67. The highest BCUT2D eigenvalue weighted by Gasteiger charge is 2.28. The number of nitrogens with one attached hydrogen (secondary N) is 3. The first-order valence-electron chi connectivity index (χ1n) is 8.10. The van der Waals surface area contributed by atoms with Crippen LogP contribution in [0.25, 0.3) is 0 Å². The van der Waals surface area contributed by atoms with Gasteiger partial charge >= 0.3 is 0 Å². The van der Waals surface area contributed by atoms with Gasteiger partial charge in [-0.25, -0.2) is 4.99 Å². The molecule has 0 radical (unpaired) electrons. The molecule has 3 N–H and O–H groups in total. The molecule has 0 aliphatic heterocycles. The number of guanidine groups is 1. The molecule has 0 saturated heterocycles. The molecule has 2 rings (SSSR count). The van der Waals surface area contributed by atoms with Gasteiger partial charge in [-0.1, -0.05) is 6.92 Å². The van der Waals surface area contributed by atoms with E-state index in [9.17, 15) is 4.79 Å². The Hall–Kier alpha value is -1.56. The molecule has 1 aliphatic rings. The minimum atomic E-state index is 0.189. The maximum absolute atomic E-state index is 11.5. The van der Waals surface area contributed by atoms with Crippen LogP contribution in [0.5, 0.6) is 0 Å². The number of carbonyl (C=O) groups excluding carboxylic acids is 1. The van der Waals surface area contributed by atoms with Crippen molar-refractivity contribution in [1.82, 2.24) is 16.0 Å². The number of amides is 1. The van der Waals surface area contributed by atoms with E-state index in [1.807, 2.05) is 18.3 Å². The molecule has 5 nitrogen and oxygen atoms in total. The smallest absolute Gasteiger partial charge is 0.223 e. The minimum absolute atomic E-state index is 0.189. The maximum Gasteiger partial charge on any atom is 0.223 e. The predicted octanol–water partition coefficient (Wildman–Crippen LogP) is 1.89. The first-order chi connectivity index (χ1) is 10.7. The van der Waals surface area contributed by atoms with Crippen molar-refractivity contribution in [2.24, 2.45) is 10.9 Å². The van der Waals surface area contributed by atoms with E-state index in [1.54, 1.807) is 0 Å². The number of hydrogen-bond donors (Lipinski definition) is 3. The van der Waals surface area contributed by atoms with Crippen molar-refractivity contribution in [2.75, 3.05) is 19.6 Å². The minimum Gasteiger partial charge on any atom is -0.357 e. The molecule has 1 aromatic heterocycles. The summed E-state index contributed by atoms with van der Waals surface area (Å²) in [6, 6.07) is 4.32. The van der Waals surface area contributed by atoms with Crippen LogP contribution in [0.3, 0.4) is 0 Å². The fourth-order valence-corrected chi connectivity index (χ4v) is 2.93. The fraction of sp³-hybridized carbons (Fsp3) is 0.625. The molecular formula is C16H26N4OS. The molecule has 0 aromatic carbocycles. The summed E-state index contributed by atoms with van der Waals surface area (Å²) in [5.41, 5.74) is 0. The van der Waals surface area contributed by atoms with E-state index in [0.29, 0.717) is 19.6 Å². The SMILES string of the molecule is CCNC(=NCc1ccc(CC)s1)NCCNC(=O)C1CC1. The van der Waals surface area contributed by atoms with Crippen molar-refractivity contribution < 1.29 is 4.79 Å². The molecule has 0 bridgehead atoms. The molecule has 0 spiro atoms. The van der Waals surface area contributed by atoms with Crippen LogP contribution in [0, 0.1) is 5.92 Å². The van der Waals surface area contributed by atoms with Crippen molar-refractivity contribution in [3.63, 3.8) is 0 Å². The summed E-state index contributed by atoms with van der Waals surface area (Å²) in [7, 11) is 0. The maximum atomic E-state index is 11.5. The largest absolute Gasteiger partial charge is 0.357 e. The van der Waals surface area contributed by atoms with Gasteiger partial charge in [-0.05, 0) is 38.3 Å². The summed E-state index contributed by atoms with van der Waals surface area (Å²) in [6.45, 7) is 7.06. The molecule has 0 atom stereocenters. The highest BCUT2D eigenvalue weighted by Crippen LogP contribution is 2.28. The summed E-state index contributed by atoms with van der Waals surface area (Å²) >= 11 is 1.82. The molecule has 1 heterocycles. The average molecular weight is 322 g/mol. The Bertz CT molecular complexity index is 508. The molecule has 0 unspecified atom stereocenters. The van der Waals surface area contributed by atoms with E-state index < -0.39 is 0 Å². The molecule has 1 amide bonds. The van der Waals surface area contributed by atoms with Crippen LogP contribution >= 0.6 is 11.3 Å². The number of aryl methyl sites for hydroxylation is 1. The van der Waals surface area contributed by atoms with Crippen molar-refractivity contribution in [1.29, 1.82) is 0 Å². The molecule has 22 heavy (non-hydrogen) atoms. The van der Waals surface area contributed by atoms with Gasteiger partial charge in [0.15, 0.2) is 5.96 Å². The highest BCUT2D eigenvalue weighted by molar-refractivity contribution is 7.11. The van der Waals surface area contributed by atoms with Crippen LogP contribution in [0.1, 0.15) is 36.4 Å². The van der Waals surface area contributed by atoms with E-state index in [1.165, 1.54) is 9.75 Å². The van der Waals surface area contributed by atoms with E-state index in [0.717, 1.165) is 31.8 Å². The van der Waals surface area contributed by atoms with Crippen LogP contribution in [0.4, 0.5) is 0 Å². The van der Waals surface area contributed by atoms with Gasteiger partial charge in [-0.2, -0.15) is 0 Å². The number of aliphatic imine (C=N–C) groups is 1. The second-order valence-electron chi connectivity index (χ2n) is 5.41. The summed E-state index contributed by atoms with van der Waals surface area (Å²) in [6.07, 6.45) is 3.17. The van der Waals surface area contributed by atoms with Crippen molar-refractivity contribution in [3.8, 4) is 0 Å². The van der Waals surface area contributed by atoms with Gasteiger partial charge in [0.25, 0.3) is 0 Å². The first kappa shape index (κ1) is 16.8. The monoisotopic (exact) mass is 322 g/mol. The molecule has 1 saturated carbocycles. The molecule has 122 valence electrons. The fourth-order valence-electron chi connectivity index (χ4n) is 2.05. The number of hydrogen-bond acceptors (Lipinski definition) is 3. The number of thiophene rings is 1. The van der Waals surface area contributed by atoms with Gasteiger partial charge < -0.3 is 16.0 Å². The van der Waals surface area contributed by atoms with E-state index >= 15 is 0 Å². The Morgan fingerprint density at radius 3 is 2.55 bits per heavy atom. The Labute approximate surface area is 136 Å². The lowest BCUT2D eigenvalue weighted by Crippen LogP contribution is -2.41. The lowest BCUT2D eigenvalue weighted by atomic mass is 10.4. The summed E-state index contributed by atoms with van der Waals surface area (Å²) < 4.78 is 0. The number of rotatable bonds is 8. The Morgan fingerprint density at radius 1 is 1.18 bits per heavy atom. The van der Waals surface area contributed by atoms with Crippen molar-refractivity contribution in [2.45, 2.75) is 39.7 Å². The van der Waals surface area contributed by atoms with Gasteiger partial charge in [0.2, 0.25) is 5.91 Å². The van der Waals surface area contributed by atoms with Gasteiger partial charge in [-0.3, -0.25) is 4.79 Å². The van der Waals surface area contributed by atoms with E-state index in [4.69, 9.17) is 0 Å². The summed E-state index contributed by atoms with van der Waals surface area (Å²) in [5, 5.41) is 9.43. The van der Waals surface area contributed by atoms with Crippen LogP contribution < -0.4 is 16.0 Å². The molecule has 1 fully saturated rings. The summed E-state index contributed by atoms with van der Waals surface area (Å²) in [5.74, 6) is 1.26. The van der Waals surface area contributed by atoms with Gasteiger partial charge in [-0.15, -0.1) is 11.3 Å². The van der Waals surface area contributed by atoms with Crippen LogP contribution in [-0.4, -0.2) is 31.5 Å². The lowest BCUT2D eigenvalue weighted by Gasteiger charge is -2.11. The molecule has 6 heteroatoms. The quantitative estimate of drug-likeness (QED) is 0.389. The average Bonchev–Trinajstić information content (AvgIpc) is 3.28. The normalized spacial score (nSPS) is 14.7. The summed E-state index contributed by atoms with van der Waals surface area (Å²) in [4.78, 5) is 18.8. The third-order valence-electron chi connectivity index (χ3n) is 3.47. The third-order valence-corrected chi connectivity index (χ3v) is 4.68. The van der Waals surface area contributed by atoms with Crippen LogP contribution in [0.2, 0.25) is 0 Å². The van der Waals surface area contributed by atoms with Gasteiger partial charge in [0, 0.05) is 35.3 Å². The standard InChI is InChI=1S/C16H26N4OS/c1-3-13-7-8-14(22-13)11-20-16(17-4-2)19-10-9-18-15(21)12-5-6-12/h7-8,12H,3-6,9-11H2,1-2H3,(H,18,21)(H2,17,19,20). The second kappa shape index (κ2) is 8.78. The first-order valence-corrected chi connectivity index (χ1v) is 8.92. The Balaban J connectivity index is 1.72. The van der Waals surface area contributed by atoms with Crippen molar-refractivity contribution >= 4 is 23.2 Å².